The van der Waals surface area contributed by atoms with Crippen LogP contribution in [0.15, 0.2) is 42.0 Å². The highest BCUT2D eigenvalue weighted by Gasteiger charge is 2.28. The Labute approximate surface area is 130 Å². The van der Waals surface area contributed by atoms with Crippen LogP contribution in [0.3, 0.4) is 0 Å². The molecule has 1 amide bonds. The van der Waals surface area contributed by atoms with Crippen molar-refractivity contribution in [3.8, 4) is 0 Å². The van der Waals surface area contributed by atoms with E-state index in [1.165, 1.54) is 13.0 Å². The third-order valence-corrected chi connectivity index (χ3v) is 3.74. The third-order valence-electron chi connectivity index (χ3n) is 3.74. The molecule has 118 valence electrons. The lowest BCUT2D eigenvalue weighted by Gasteiger charge is -2.09. The molecule has 1 aliphatic rings. The fourth-order valence-electron chi connectivity index (χ4n) is 2.75. The predicted molar refractivity (Wildman–Crippen MR) is 85.9 cm³/mol. The monoisotopic (exact) mass is 303 g/mol. The van der Waals surface area contributed by atoms with Crippen LogP contribution in [0.5, 0.6) is 0 Å². The second-order valence-electron chi connectivity index (χ2n) is 5.50. The van der Waals surface area contributed by atoms with Crippen molar-refractivity contribution in [3.63, 3.8) is 0 Å². The van der Waals surface area contributed by atoms with Gasteiger partial charge < -0.3 is 15.6 Å². The molecule has 0 fully saturated rings. The smallest absolute Gasteiger partial charge is 0.272 e. The molecule has 1 heterocycles. The number of amides is 1. The molecule has 1 unspecified atom stereocenters. The fraction of sp³-hybridized carbons (Fsp3) is 0.353. The summed E-state index contributed by atoms with van der Waals surface area (Å²) in [7, 11) is 1.84. The molecule has 1 atom stereocenters. The van der Waals surface area contributed by atoms with E-state index in [0.29, 0.717) is 11.4 Å². The number of hydrogen-bond acceptors (Lipinski definition) is 2. The number of carbonyl (C=O) groups is 1. The van der Waals surface area contributed by atoms with Crippen molar-refractivity contribution in [2.75, 3.05) is 0 Å². The molecule has 0 aliphatic heterocycles. The SMILES string of the molecule is C/C=C/C(=C\C=C(/C)F)NC(=O)c1c2c(cn1C)C(N)CC2. The number of hydrogen-bond donors (Lipinski definition) is 2. The Bertz CT molecular complexity index is 664. The van der Waals surface area contributed by atoms with Crippen LogP contribution in [0.4, 0.5) is 4.39 Å². The van der Waals surface area contributed by atoms with Crippen LogP contribution < -0.4 is 11.1 Å². The van der Waals surface area contributed by atoms with Crippen LogP contribution in [-0.4, -0.2) is 10.5 Å². The highest BCUT2D eigenvalue weighted by atomic mass is 19.1. The quantitative estimate of drug-likeness (QED) is 0.840. The van der Waals surface area contributed by atoms with Gasteiger partial charge >= 0.3 is 0 Å². The molecule has 0 radical (unpaired) electrons. The van der Waals surface area contributed by atoms with Crippen LogP contribution in [-0.2, 0) is 13.5 Å². The molecule has 1 aromatic rings. The zero-order valence-corrected chi connectivity index (χ0v) is 13.2. The van der Waals surface area contributed by atoms with E-state index in [1.54, 1.807) is 18.2 Å². The van der Waals surface area contributed by atoms with E-state index in [0.717, 1.165) is 24.0 Å². The van der Waals surface area contributed by atoms with Gasteiger partial charge in [0.25, 0.3) is 5.91 Å². The maximum absolute atomic E-state index is 12.9. The van der Waals surface area contributed by atoms with Gasteiger partial charge in [0.15, 0.2) is 0 Å². The van der Waals surface area contributed by atoms with Gasteiger partial charge in [0, 0.05) is 25.0 Å². The first kappa shape index (κ1) is 16.2. The first-order valence-corrected chi connectivity index (χ1v) is 7.35. The average Bonchev–Trinajstić information content (AvgIpc) is 2.95. The van der Waals surface area contributed by atoms with E-state index in [9.17, 15) is 9.18 Å². The molecule has 2 rings (SSSR count). The molecule has 0 bridgehead atoms. The van der Waals surface area contributed by atoms with Crippen molar-refractivity contribution in [2.24, 2.45) is 12.8 Å². The minimum atomic E-state index is -0.318. The topological polar surface area (TPSA) is 60.0 Å². The summed E-state index contributed by atoms with van der Waals surface area (Å²) >= 11 is 0. The number of rotatable bonds is 4. The van der Waals surface area contributed by atoms with Gasteiger partial charge in [-0.25, -0.2) is 4.39 Å². The number of halogens is 1. The number of nitrogens with one attached hydrogen (secondary N) is 1. The Morgan fingerprint density at radius 3 is 2.86 bits per heavy atom. The summed E-state index contributed by atoms with van der Waals surface area (Å²) in [6.45, 7) is 3.20. The summed E-state index contributed by atoms with van der Waals surface area (Å²) in [5, 5.41) is 2.82. The molecule has 0 saturated heterocycles. The Balaban J connectivity index is 2.27. The molecule has 22 heavy (non-hydrogen) atoms. The first-order valence-electron chi connectivity index (χ1n) is 7.35. The molecule has 1 aliphatic carbocycles. The number of carbonyl (C=O) groups excluding carboxylic acids is 1. The van der Waals surface area contributed by atoms with Gasteiger partial charge in [0.1, 0.15) is 5.69 Å². The van der Waals surface area contributed by atoms with Crippen molar-refractivity contribution in [1.82, 2.24) is 9.88 Å². The van der Waals surface area contributed by atoms with E-state index in [-0.39, 0.29) is 17.8 Å². The van der Waals surface area contributed by atoms with E-state index in [2.05, 4.69) is 5.32 Å². The summed E-state index contributed by atoms with van der Waals surface area (Å²) in [4.78, 5) is 12.6. The molecule has 1 aromatic heterocycles. The van der Waals surface area contributed by atoms with Crippen molar-refractivity contribution < 1.29 is 9.18 Å². The molecular weight excluding hydrogens is 281 g/mol. The minimum absolute atomic E-state index is 0.00502. The second-order valence-corrected chi connectivity index (χ2v) is 5.50. The Morgan fingerprint density at radius 1 is 1.50 bits per heavy atom. The van der Waals surface area contributed by atoms with Crippen LogP contribution in [0.2, 0.25) is 0 Å². The highest BCUT2D eigenvalue weighted by molar-refractivity contribution is 5.96. The molecule has 0 aromatic carbocycles. The second kappa shape index (κ2) is 6.75. The molecule has 0 saturated carbocycles. The summed E-state index contributed by atoms with van der Waals surface area (Å²) in [6.07, 6.45) is 9.99. The third kappa shape index (κ3) is 3.36. The van der Waals surface area contributed by atoms with E-state index < -0.39 is 0 Å². The fourth-order valence-corrected chi connectivity index (χ4v) is 2.75. The lowest BCUT2D eigenvalue weighted by Crippen LogP contribution is -2.25. The van der Waals surface area contributed by atoms with E-state index >= 15 is 0 Å². The lowest BCUT2D eigenvalue weighted by molar-refractivity contribution is 0.0958. The normalized spacial score (nSPS) is 18.9. The first-order chi connectivity index (χ1) is 10.4. The molecule has 0 spiro atoms. The van der Waals surface area contributed by atoms with Crippen LogP contribution in [0.1, 0.15) is 47.9 Å². The van der Waals surface area contributed by atoms with Gasteiger partial charge in [-0.3, -0.25) is 4.79 Å². The van der Waals surface area contributed by atoms with Crippen molar-refractivity contribution >= 4 is 5.91 Å². The Morgan fingerprint density at radius 2 is 2.23 bits per heavy atom. The summed E-state index contributed by atoms with van der Waals surface area (Å²) in [6, 6.07) is 0.00502. The van der Waals surface area contributed by atoms with Gasteiger partial charge in [0.2, 0.25) is 0 Å². The minimum Gasteiger partial charge on any atom is -0.346 e. The molecule has 5 heteroatoms. The molecule has 4 nitrogen and oxygen atoms in total. The van der Waals surface area contributed by atoms with Gasteiger partial charge in [0.05, 0.1) is 5.83 Å². The van der Waals surface area contributed by atoms with Gasteiger partial charge in [-0.15, -0.1) is 0 Å². The maximum atomic E-state index is 12.9. The Kier molecular flexibility index (Phi) is 4.98. The van der Waals surface area contributed by atoms with Gasteiger partial charge in [-0.1, -0.05) is 6.08 Å². The standard InChI is InChI=1S/C17H22FN3O/c1-4-5-12(7-6-11(2)18)20-17(22)16-13-8-9-15(19)14(13)10-21(16)3/h4-7,10,15H,8-9,19H2,1-3H3,(H,20,22)/b5-4+,11-6+,12-7+. The number of nitrogens with zero attached hydrogens (tertiary/aromatic N) is 1. The van der Waals surface area contributed by atoms with Crippen LogP contribution >= 0.6 is 0 Å². The predicted octanol–water partition coefficient (Wildman–Crippen LogP) is 3.03. The van der Waals surface area contributed by atoms with Crippen molar-refractivity contribution in [3.05, 3.63) is 58.8 Å². The summed E-state index contributed by atoms with van der Waals surface area (Å²) in [5.74, 6) is -0.519. The Hall–Kier alpha value is -2.14. The highest BCUT2D eigenvalue weighted by Crippen LogP contribution is 2.32. The number of allylic oxidation sites excluding steroid dienone is 5. The van der Waals surface area contributed by atoms with E-state index in [1.807, 2.05) is 24.7 Å². The summed E-state index contributed by atoms with van der Waals surface area (Å²) in [5.41, 5.74) is 9.27. The van der Waals surface area contributed by atoms with Crippen molar-refractivity contribution in [1.29, 1.82) is 0 Å². The van der Waals surface area contributed by atoms with Gasteiger partial charge in [-0.2, -0.15) is 0 Å². The lowest BCUT2D eigenvalue weighted by atomic mass is 10.1. The number of nitrogens with two attached hydrogens (primary N) is 1. The van der Waals surface area contributed by atoms with Crippen molar-refractivity contribution in [2.45, 2.75) is 32.7 Å². The number of aromatic nitrogens is 1. The summed E-state index contributed by atoms with van der Waals surface area (Å²) < 4.78 is 14.7. The number of aryl methyl sites for hydroxylation is 1. The zero-order chi connectivity index (χ0) is 16.3. The largest absolute Gasteiger partial charge is 0.346 e. The van der Waals surface area contributed by atoms with Gasteiger partial charge in [-0.05, 0) is 56.0 Å². The molecule has 3 N–H and O–H groups in total. The average molecular weight is 303 g/mol. The van der Waals surface area contributed by atoms with Crippen LogP contribution in [0.25, 0.3) is 0 Å². The maximum Gasteiger partial charge on any atom is 0.272 e. The van der Waals surface area contributed by atoms with Crippen LogP contribution in [0, 0.1) is 0 Å². The number of fused-ring (bicyclic) bond motifs is 1. The van der Waals surface area contributed by atoms with E-state index in [4.69, 9.17) is 5.73 Å². The zero-order valence-electron chi connectivity index (χ0n) is 13.2. The molecular formula is C17H22FN3O.